The van der Waals surface area contributed by atoms with E-state index in [1.165, 1.54) is 0 Å². The van der Waals surface area contributed by atoms with Gasteiger partial charge in [-0.2, -0.15) is 0 Å². The van der Waals surface area contributed by atoms with Crippen LogP contribution in [-0.2, 0) is 12.0 Å². The zero-order valence-corrected chi connectivity index (χ0v) is 11.6. The van der Waals surface area contributed by atoms with E-state index in [1.807, 2.05) is 54.6 Å². The molecular weight excluding hydrogens is 252 g/mol. The number of benzene rings is 2. The van der Waals surface area contributed by atoms with Gasteiger partial charge < -0.3 is 14.9 Å². The van der Waals surface area contributed by atoms with Crippen LogP contribution in [0.15, 0.2) is 54.6 Å². The van der Waals surface area contributed by atoms with Crippen LogP contribution in [0.1, 0.15) is 18.1 Å². The molecular formula is C17H20O3. The fourth-order valence-corrected chi connectivity index (χ4v) is 1.99. The third kappa shape index (κ3) is 3.83. The van der Waals surface area contributed by atoms with Crippen LogP contribution in [0.2, 0.25) is 0 Å². The summed E-state index contributed by atoms with van der Waals surface area (Å²) in [5, 5.41) is 19.3. The Morgan fingerprint density at radius 1 is 1.00 bits per heavy atom. The normalized spacial score (nSPS) is 13.8. The van der Waals surface area contributed by atoms with Crippen molar-refractivity contribution in [2.24, 2.45) is 0 Å². The Balaban J connectivity index is 1.97. The van der Waals surface area contributed by atoms with Gasteiger partial charge in [0.2, 0.25) is 0 Å². The van der Waals surface area contributed by atoms with E-state index in [0.717, 1.165) is 11.1 Å². The molecule has 0 radical (unpaired) electrons. The Kier molecular flexibility index (Phi) is 4.77. The van der Waals surface area contributed by atoms with Crippen LogP contribution in [-0.4, -0.2) is 23.4 Å². The summed E-state index contributed by atoms with van der Waals surface area (Å²) in [6.45, 7) is 2.07. The van der Waals surface area contributed by atoms with Crippen molar-refractivity contribution in [2.45, 2.75) is 18.9 Å². The van der Waals surface area contributed by atoms with Gasteiger partial charge in [-0.25, -0.2) is 0 Å². The topological polar surface area (TPSA) is 49.7 Å². The average Bonchev–Trinajstić information content (AvgIpc) is 2.48. The van der Waals surface area contributed by atoms with Crippen molar-refractivity contribution < 1.29 is 14.9 Å². The van der Waals surface area contributed by atoms with Gasteiger partial charge in [0.1, 0.15) is 18.0 Å². The molecule has 0 amide bonds. The molecule has 2 rings (SSSR count). The zero-order valence-electron chi connectivity index (χ0n) is 11.6. The molecule has 0 aliphatic rings. The van der Waals surface area contributed by atoms with Crippen molar-refractivity contribution in [1.82, 2.24) is 0 Å². The van der Waals surface area contributed by atoms with E-state index in [4.69, 9.17) is 9.84 Å². The highest BCUT2D eigenvalue weighted by molar-refractivity contribution is 5.28. The number of ether oxygens (including phenoxy) is 1. The lowest BCUT2D eigenvalue weighted by Crippen LogP contribution is -2.29. The van der Waals surface area contributed by atoms with Crippen molar-refractivity contribution in [3.8, 4) is 5.75 Å². The highest BCUT2D eigenvalue weighted by Gasteiger charge is 2.23. The molecule has 0 aliphatic carbocycles. The van der Waals surface area contributed by atoms with Crippen molar-refractivity contribution in [1.29, 1.82) is 0 Å². The van der Waals surface area contributed by atoms with Gasteiger partial charge in [-0.1, -0.05) is 42.5 Å². The molecule has 0 heterocycles. The van der Waals surface area contributed by atoms with E-state index in [9.17, 15) is 5.11 Å². The Morgan fingerprint density at radius 2 is 1.65 bits per heavy atom. The predicted molar refractivity (Wildman–Crippen MR) is 78.7 cm³/mol. The minimum Gasteiger partial charge on any atom is -0.490 e. The van der Waals surface area contributed by atoms with E-state index in [1.54, 1.807) is 6.92 Å². The standard InChI is InChI=1S/C17H20O3/c1-17(19,15-5-3-2-4-6-15)13-20-16-9-7-14(8-10-16)11-12-18/h2-10,18-19H,11-13H2,1H3. The summed E-state index contributed by atoms with van der Waals surface area (Å²) in [6.07, 6.45) is 0.641. The van der Waals surface area contributed by atoms with Crippen molar-refractivity contribution in [3.05, 3.63) is 65.7 Å². The number of rotatable bonds is 6. The van der Waals surface area contributed by atoms with Crippen molar-refractivity contribution in [3.63, 3.8) is 0 Å². The van der Waals surface area contributed by atoms with Crippen LogP contribution in [0.5, 0.6) is 5.75 Å². The van der Waals surface area contributed by atoms with E-state index in [0.29, 0.717) is 12.2 Å². The molecule has 1 atom stereocenters. The predicted octanol–water partition coefficient (Wildman–Crippen LogP) is 2.51. The van der Waals surface area contributed by atoms with E-state index < -0.39 is 5.60 Å². The first kappa shape index (κ1) is 14.6. The Morgan fingerprint density at radius 3 is 2.25 bits per heavy atom. The Bertz CT molecular complexity index is 518. The van der Waals surface area contributed by atoms with E-state index in [-0.39, 0.29) is 13.2 Å². The quantitative estimate of drug-likeness (QED) is 0.849. The maximum absolute atomic E-state index is 10.4. The molecule has 0 aliphatic heterocycles. The van der Waals surface area contributed by atoms with Crippen LogP contribution < -0.4 is 4.74 Å². The van der Waals surface area contributed by atoms with Crippen LogP contribution in [0.3, 0.4) is 0 Å². The summed E-state index contributed by atoms with van der Waals surface area (Å²) in [6, 6.07) is 17.0. The SMILES string of the molecule is CC(O)(COc1ccc(CCO)cc1)c1ccccc1. The molecule has 0 saturated carbocycles. The molecule has 3 heteroatoms. The molecule has 3 nitrogen and oxygen atoms in total. The highest BCUT2D eigenvalue weighted by Crippen LogP contribution is 2.22. The first-order chi connectivity index (χ1) is 9.62. The third-order valence-electron chi connectivity index (χ3n) is 3.24. The average molecular weight is 272 g/mol. The summed E-state index contributed by atoms with van der Waals surface area (Å²) in [5.74, 6) is 0.711. The Hall–Kier alpha value is -1.84. The van der Waals surface area contributed by atoms with Crippen LogP contribution in [0.25, 0.3) is 0 Å². The highest BCUT2D eigenvalue weighted by atomic mass is 16.5. The lowest BCUT2D eigenvalue weighted by Gasteiger charge is -2.24. The molecule has 0 saturated heterocycles. The lowest BCUT2D eigenvalue weighted by atomic mass is 9.97. The first-order valence-electron chi connectivity index (χ1n) is 6.72. The first-order valence-corrected chi connectivity index (χ1v) is 6.72. The molecule has 20 heavy (non-hydrogen) atoms. The minimum atomic E-state index is -1.02. The summed E-state index contributed by atoms with van der Waals surface area (Å²) in [5.41, 5.74) is 0.872. The summed E-state index contributed by atoms with van der Waals surface area (Å²) in [4.78, 5) is 0. The minimum absolute atomic E-state index is 0.142. The lowest BCUT2D eigenvalue weighted by molar-refractivity contribution is 0.00759. The van der Waals surface area contributed by atoms with E-state index >= 15 is 0 Å². The monoisotopic (exact) mass is 272 g/mol. The van der Waals surface area contributed by atoms with Gasteiger partial charge in [-0.05, 0) is 36.6 Å². The van der Waals surface area contributed by atoms with Crippen LogP contribution >= 0.6 is 0 Å². The van der Waals surface area contributed by atoms with E-state index in [2.05, 4.69) is 0 Å². The summed E-state index contributed by atoms with van der Waals surface area (Å²) < 4.78 is 5.65. The molecule has 0 fully saturated rings. The van der Waals surface area contributed by atoms with Gasteiger partial charge in [0.15, 0.2) is 0 Å². The number of hydrogen-bond acceptors (Lipinski definition) is 3. The van der Waals surface area contributed by atoms with Crippen molar-refractivity contribution in [2.75, 3.05) is 13.2 Å². The van der Waals surface area contributed by atoms with Gasteiger partial charge in [0, 0.05) is 6.61 Å². The van der Waals surface area contributed by atoms with Gasteiger partial charge >= 0.3 is 0 Å². The molecule has 106 valence electrons. The number of aliphatic hydroxyl groups is 2. The van der Waals surface area contributed by atoms with Crippen molar-refractivity contribution >= 4 is 0 Å². The smallest absolute Gasteiger partial charge is 0.121 e. The molecule has 2 N–H and O–H groups in total. The molecule has 2 aromatic carbocycles. The third-order valence-corrected chi connectivity index (χ3v) is 3.24. The molecule has 0 spiro atoms. The second kappa shape index (κ2) is 6.55. The zero-order chi connectivity index (χ0) is 14.4. The summed E-state index contributed by atoms with van der Waals surface area (Å²) in [7, 11) is 0. The number of hydrogen-bond donors (Lipinski definition) is 2. The molecule has 0 aromatic heterocycles. The summed E-state index contributed by atoms with van der Waals surface area (Å²) >= 11 is 0. The maximum Gasteiger partial charge on any atom is 0.121 e. The second-order valence-corrected chi connectivity index (χ2v) is 5.05. The molecule has 0 bridgehead atoms. The molecule has 2 aromatic rings. The fourth-order valence-electron chi connectivity index (χ4n) is 1.99. The largest absolute Gasteiger partial charge is 0.490 e. The van der Waals surface area contributed by atoms with Gasteiger partial charge in [0.25, 0.3) is 0 Å². The molecule has 1 unspecified atom stereocenters. The number of aliphatic hydroxyl groups excluding tert-OH is 1. The fraction of sp³-hybridized carbons (Fsp3) is 0.294. The second-order valence-electron chi connectivity index (χ2n) is 5.05. The van der Waals surface area contributed by atoms with Gasteiger partial charge in [0.05, 0.1) is 0 Å². The van der Waals surface area contributed by atoms with Crippen LogP contribution in [0.4, 0.5) is 0 Å². The maximum atomic E-state index is 10.4. The Labute approximate surface area is 119 Å². The van der Waals surface area contributed by atoms with Crippen LogP contribution in [0, 0.1) is 0 Å². The van der Waals surface area contributed by atoms with Gasteiger partial charge in [-0.3, -0.25) is 0 Å². The van der Waals surface area contributed by atoms with Gasteiger partial charge in [-0.15, -0.1) is 0 Å².